The monoisotopic (exact) mass is 536 g/mol. The summed E-state index contributed by atoms with van der Waals surface area (Å²) in [5.74, 6) is -0.344. The van der Waals surface area contributed by atoms with Crippen LogP contribution in [0.5, 0.6) is 0 Å². The van der Waals surface area contributed by atoms with E-state index in [4.69, 9.17) is 11.6 Å². The molecule has 7 nitrogen and oxygen atoms in total. The zero-order valence-corrected chi connectivity index (χ0v) is 20.5. The Balaban J connectivity index is 1.54. The number of halogens is 4. The van der Waals surface area contributed by atoms with E-state index in [0.717, 1.165) is 28.7 Å². The molecule has 0 radical (unpaired) electrons. The number of anilines is 2. The van der Waals surface area contributed by atoms with Gasteiger partial charge in [-0.15, -0.1) is 0 Å². The van der Waals surface area contributed by atoms with Gasteiger partial charge in [0.2, 0.25) is 0 Å². The lowest BCUT2D eigenvalue weighted by Crippen LogP contribution is -2.18. The number of carbonyl (C=O) groups is 1. The van der Waals surface area contributed by atoms with Crippen LogP contribution in [0.3, 0.4) is 0 Å². The molecule has 11 heteroatoms. The number of nitrogens with zero attached hydrogens (tertiary/aromatic N) is 4. The van der Waals surface area contributed by atoms with E-state index in [1.54, 1.807) is 24.5 Å². The highest BCUT2D eigenvalue weighted by Crippen LogP contribution is 2.38. The molecule has 4 aromatic rings. The van der Waals surface area contributed by atoms with Gasteiger partial charge in [-0.3, -0.25) is 9.78 Å². The molecule has 2 aromatic heterocycles. The summed E-state index contributed by atoms with van der Waals surface area (Å²) in [5, 5.41) is 19.0. The number of carbonyl (C=O) groups excluding carboxylic acids is 1. The second-order valence-electron chi connectivity index (χ2n) is 8.89. The summed E-state index contributed by atoms with van der Waals surface area (Å²) in [4.78, 5) is 17.5. The Bertz CT molecular complexity index is 1540. The Kier molecular flexibility index (Phi) is 6.78. The first kappa shape index (κ1) is 25.3. The fourth-order valence-electron chi connectivity index (χ4n) is 3.91. The Morgan fingerprint density at radius 2 is 1.95 bits per heavy atom. The van der Waals surface area contributed by atoms with Gasteiger partial charge in [-0.05, 0) is 60.7 Å². The van der Waals surface area contributed by atoms with Crippen LogP contribution in [0.2, 0.25) is 5.02 Å². The highest BCUT2D eigenvalue weighted by molar-refractivity contribution is 6.35. The lowest BCUT2D eigenvalue weighted by Gasteiger charge is -2.17. The normalized spacial score (nSPS) is 13.1. The van der Waals surface area contributed by atoms with Crippen LogP contribution in [0.4, 0.5) is 24.5 Å². The molecule has 1 aliphatic carbocycles. The highest BCUT2D eigenvalue weighted by Gasteiger charge is 2.36. The topological polar surface area (TPSA) is 95.6 Å². The quantitative estimate of drug-likeness (QED) is 0.279. The van der Waals surface area contributed by atoms with Gasteiger partial charge < -0.3 is 10.6 Å². The number of pyridine rings is 1. The third kappa shape index (κ3) is 5.48. The summed E-state index contributed by atoms with van der Waals surface area (Å²) < 4.78 is 41.5. The number of hydrogen-bond donors (Lipinski definition) is 2. The number of amides is 1. The Morgan fingerprint density at radius 3 is 2.63 bits per heavy atom. The first-order valence-corrected chi connectivity index (χ1v) is 12.1. The Hall–Kier alpha value is -4.36. The molecule has 1 saturated carbocycles. The predicted octanol–water partition coefficient (Wildman–Crippen LogP) is 6.55. The smallest absolute Gasteiger partial charge is 0.383 e. The van der Waals surface area contributed by atoms with E-state index < -0.39 is 17.8 Å². The average Bonchev–Trinajstić information content (AvgIpc) is 3.62. The van der Waals surface area contributed by atoms with Crippen LogP contribution in [-0.2, 0) is 6.18 Å². The van der Waals surface area contributed by atoms with Crippen LogP contribution in [0.25, 0.3) is 16.8 Å². The lowest BCUT2D eigenvalue weighted by atomic mass is 10.1. The van der Waals surface area contributed by atoms with Crippen molar-refractivity contribution < 1.29 is 18.0 Å². The molecule has 1 aliphatic rings. The van der Waals surface area contributed by atoms with Gasteiger partial charge in [-0.25, -0.2) is 4.68 Å². The lowest BCUT2D eigenvalue weighted by molar-refractivity contribution is -0.141. The molecule has 0 aliphatic heterocycles. The fraction of sp³-hybridized carbons (Fsp3) is 0.185. The van der Waals surface area contributed by atoms with Gasteiger partial charge >= 0.3 is 6.18 Å². The third-order valence-corrected chi connectivity index (χ3v) is 6.35. The number of benzene rings is 2. The van der Waals surface area contributed by atoms with Crippen LogP contribution in [0, 0.1) is 17.2 Å². The van der Waals surface area contributed by atoms with E-state index in [0.29, 0.717) is 24.2 Å². The second-order valence-corrected chi connectivity index (χ2v) is 9.29. The zero-order chi connectivity index (χ0) is 26.9. The first-order chi connectivity index (χ1) is 18.2. The fourth-order valence-corrected chi connectivity index (χ4v) is 4.18. The van der Waals surface area contributed by atoms with Gasteiger partial charge in [0.15, 0.2) is 5.69 Å². The first-order valence-electron chi connectivity index (χ1n) is 11.7. The average molecular weight is 537 g/mol. The van der Waals surface area contributed by atoms with Crippen LogP contribution in [0.15, 0.2) is 67.0 Å². The van der Waals surface area contributed by atoms with Crippen molar-refractivity contribution in [3.05, 3.63) is 89.0 Å². The van der Waals surface area contributed by atoms with Crippen molar-refractivity contribution in [1.82, 2.24) is 14.8 Å². The van der Waals surface area contributed by atoms with Crippen molar-refractivity contribution >= 4 is 28.9 Å². The Morgan fingerprint density at radius 1 is 1.13 bits per heavy atom. The maximum atomic E-state index is 13.6. The molecule has 38 heavy (non-hydrogen) atoms. The summed E-state index contributed by atoms with van der Waals surface area (Å²) in [6.45, 7) is 0.660. The van der Waals surface area contributed by atoms with Crippen LogP contribution in [0.1, 0.15) is 34.6 Å². The van der Waals surface area contributed by atoms with Crippen LogP contribution in [-0.4, -0.2) is 27.2 Å². The second kappa shape index (κ2) is 10.2. The van der Waals surface area contributed by atoms with E-state index in [1.165, 1.54) is 24.3 Å². The van der Waals surface area contributed by atoms with Gasteiger partial charge in [-0.1, -0.05) is 23.7 Å². The van der Waals surface area contributed by atoms with Gasteiger partial charge in [0.25, 0.3) is 5.91 Å². The van der Waals surface area contributed by atoms with Crippen molar-refractivity contribution in [3.63, 3.8) is 0 Å². The summed E-state index contributed by atoms with van der Waals surface area (Å²) in [5.41, 5.74) is 1.07. The predicted molar refractivity (Wildman–Crippen MR) is 137 cm³/mol. The Labute approximate surface area is 220 Å². The third-order valence-electron chi connectivity index (χ3n) is 6.05. The van der Waals surface area contributed by atoms with E-state index in [-0.39, 0.29) is 27.7 Å². The molecule has 0 atom stereocenters. The molecule has 192 valence electrons. The van der Waals surface area contributed by atoms with Gasteiger partial charge in [0.05, 0.1) is 33.7 Å². The molecule has 2 heterocycles. The van der Waals surface area contributed by atoms with Gasteiger partial charge in [-0.2, -0.15) is 23.5 Å². The number of nitrogens with one attached hydrogen (secondary N) is 2. The molecule has 5 rings (SSSR count). The molecular formula is C27H20ClF3N6O. The number of rotatable bonds is 7. The molecule has 0 bridgehead atoms. The number of nitriles is 1. The van der Waals surface area contributed by atoms with Crippen molar-refractivity contribution in [2.45, 2.75) is 19.0 Å². The molecule has 2 aromatic carbocycles. The number of hydrogen-bond acceptors (Lipinski definition) is 5. The van der Waals surface area contributed by atoms with Crippen molar-refractivity contribution in [2.24, 2.45) is 5.92 Å². The largest absolute Gasteiger partial charge is 0.435 e. The zero-order valence-electron chi connectivity index (χ0n) is 19.8. The summed E-state index contributed by atoms with van der Waals surface area (Å²) >= 11 is 6.61. The molecule has 2 N–H and O–H groups in total. The maximum Gasteiger partial charge on any atom is 0.435 e. The maximum absolute atomic E-state index is 13.6. The number of aromatic nitrogens is 3. The standard InChI is InChI=1S/C27H20ClF3N6O/c28-21-10-19(18-4-2-8-33-15-18)11-22(34-14-16-6-7-16)25(21)35-26(38)23-12-24(27(29,30)31)36-37(23)20-5-1-3-17(9-20)13-32/h1-5,8-12,15-16,34H,6-7,14H2,(H,35,38). The van der Waals surface area contributed by atoms with E-state index >= 15 is 0 Å². The highest BCUT2D eigenvalue weighted by atomic mass is 35.5. The van der Waals surface area contributed by atoms with Crippen LogP contribution >= 0.6 is 11.6 Å². The minimum absolute atomic E-state index is 0.134. The van der Waals surface area contributed by atoms with Gasteiger partial charge in [0, 0.05) is 30.6 Å². The van der Waals surface area contributed by atoms with E-state index in [1.807, 2.05) is 18.2 Å². The van der Waals surface area contributed by atoms with Crippen molar-refractivity contribution in [1.29, 1.82) is 5.26 Å². The minimum atomic E-state index is -4.78. The number of alkyl halides is 3. The van der Waals surface area contributed by atoms with Crippen LogP contribution < -0.4 is 10.6 Å². The molecule has 1 fully saturated rings. The van der Waals surface area contributed by atoms with Crippen molar-refractivity contribution in [2.75, 3.05) is 17.2 Å². The van der Waals surface area contributed by atoms with E-state index in [9.17, 15) is 23.2 Å². The SMILES string of the molecule is N#Cc1cccc(-n2nc(C(F)(F)F)cc2C(=O)Nc2c(Cl)cc(-c3cccnc3)cc2NCC2CC2)c1. The molecule has 0 saturated heterocycles. The van der Waals surface area contributed by atoms with Crippen molar-refractivity contribution in [3.8, 4) is 22.9 Å². The summed E-state index contributed by atoms with van der Waals surface area (Å²) in [6, 6.07) is 15.5. The van der Waals surface area contributed by atoms with Gasteiger partial charge in [0.1, 0.15) is 5.69 Å². The molecule has 0 unspecified atom stereocenters. The molecule has 0 spiro atoms. The molecule has 1 amide bonds. The minimum Gasteiger partial charge on any atom is -0.383 e. The van der Waals surface area contributed by atoms with E-state index in [2.05, 4.69) is 20.7 Å². The summed E-state index contributed by atoms with van der Waals surface area (Å²) in [7, 11) is 0. The molecular weight excluding hydrogens is 517 g/mol. The summed E-state index contributed by atoms with van der Waals surface area (Å²) in [6.07, 6.45) is 0.725.